The molecule has 1 heterocycles. The zero-order valence-electron chi connectivity index (χ0n) is 13.9. The van der Waals surface area contributed by atoms with E-state index in [0.717, 1.165) is 65.6 Å². The number of aliphatic carboxylic acids is 1. The van der Waals surface area contributed by atoms with Crippen LogP contribution in [0, 0.1) is 11.3 Å². The Balaban J connectivity index is 2.17. The van der Waals surface area contributed by atoms with Gasteiger partial charge in [0, 0.05) is 11.3 Å². The molecule has 0 radical (unpaired) electrons. The van der Waals surface area contributed by atoms with Gasteiger partial charge in [0.05, 0.1) is 18.4 Å². The molecule has 5 nitrogen and oxygen atoms in total. The summed E-state index contributed by atoms with van der Waals surface area (Å²) in [6.07, 6.45) is 3.90. The SMILES string of the molecule is COc1ccc(-c2c(C#N)c(SCC(=O)O)nc3c2CCCC3)cc1. The zero-order valence-corrected chi connectivity index (χ0v) is 14.7. The monoisotopic (exact) mass is 354 g/mol. The number of rotatable bonds is 5. The van der Waals surface area contributed by atoms with E-state index in [0.29, 0.717) is 10.6 Å². The molecule has 0 bridgehead atoms. The molecule has 6 heteroatoms. The molecule has 1 aliphatic rings. The van der Waals surface area contributed by atoms with E-state index >= 15 is 0 Å². The Morgan fingerprint density at radius 1 is 1.32 bits per heavy atom. The number of hydrogen-bond acceptors (Lipinski definition) is 5. The van der Waals surface area contributed by atoms with E-state index in [1.807, 2.05) is 24.3 Å². The maximum Gasteiger partial charge on any atom is 0.313 e. The Hall–Kier alpha value is -2.52. The molecule has 0 saturated heterocycles. The number of fused-ring (bicyclic) bond motifs is 1. The van der Waals surface area contributed by atoms with Gasteiger partial charge >= 0.3 is 5.97 Å². The van der Waals surface area contributed by atoms with E-state index in [4.69, 9.17) is 9.84 Å². The van der Waals surface area contributed by atoms with E-state index in [-0.39, 0.29) is 5.75 Å². The first-order chi connectivity index (χ1) is 12.1. The number of nitrogens with zero attached hydrogens (tertiary/aromatic N) is 2. The summed E-state index contributed by atoms with van der Waals surface area (Å²) in [5.41, 5.74) is 4.41. The molecule has 128 valence electrons. The van der Waals surface area contributed by atoms with Gasteiger partial charge in [-0.2, -0.15) is 5.26 Å². The Morgan fingerprint density at radius 2 is 2.04 bits per heavy atom. The number of thioether (sulfide) groups is 1. The average Bonchev–Trinajstić information content (AvgIpc) is 2.65. The molecule has 0 amide bonds. The maximum atomic E-state index is 10.9. The van der Waals surface area contributed by atoms with Crippen LogP contribution in [0.4, 0.5) is 0 Å². The molecule has 0 aliphatic heterocycles. The molecule has 0 atom stereocenters. The highest BCUT2D eigenvalue weighted by Crippen LogP contribution is 2.38. The number of ether oxygens (including phenoxy) is 1. The van der Waals surface area contributed by atoms with Crippen LogP contribution < -0.4 is 4.74 Å². The van der Waals surface area contributed by atoms with Crippen molar-refractivity contribution in [3.8, 4) is 22.9 Å². The topological polar surface area (TPSA) is 83.2 Å². The second kappa shape index (κ2) is 7.58. The first-order valence-corrected chi connectivity index (χ1v) is 9.07. The van der Waals surface area contributed by atoms with Crippen molar-refractivity contribution in [3.63, 3.8) is 0 Å². The van der Waals surface area contributed by atoms with Crippen molar-refractivity contribution in [1.29, 1.82) is 5.26 Å². The summed E-state index contributed by atoms with van der Waals surface area (Å²) in [5, 5.41) is 19.2. The van der Waals surface area contributed by atoms with Crippen molar-refractivity contribution < 1.29 is 14.6 Å². The van der Waals surface area contributed by atoms with E-state index in [2.05, 4.69) is 11.1 Å². The number of aryl methyl sites for hydroxylation is 1. The van der Waals surface area contributed by atoms with Crippen LogP contribution in [0.1, 0.15) is 29.7 Å². The van der Waals surface area contributed by atoms with Crippen LogP contribution in [-0.4, -0.2) is 28.9 Å². The highest BCUT2D eigenvalue weighted by molar-refractivity contribution is 7.99. The number of carboxylic acid groups (broad SMARTS) is 1. The van der Waals surface area contributed by atoms with Crippen molar-refractivity contribution in [2.75, 3.05) is 12.9 Å². The van der Waals surface area contributed by atoms with Crippen molar-refractivity contribution in [3.05, 3.63) is 41.1 Å². The van der Waals surface area contributed by atoms with Crippen LogP contribution in [-0.2, 0) is 17.6 Å². The third kappa shape index (κ3) is 3.62. The summed E-state index contributed by atoms with van der Waals surface area (Å²) in [4.78, 5) is 15.6. The highest BCUT2D eigenvalue weighted by Gasteiger charge is 2.23. The fourth-order valence-corrected chi connectivity index (χ4v) is 3.86. The van der Waals surface area contributed by atoms with Crippen LogP contribution in [0.5, 0.6) is 5.75 Å². The number of aromatic nitrogens is 1. The summed E-state index contributed by atoms with van der Waals surface area (Å²) in [5.74, 6) is -0.271. The first kappa shape index (κ1) is 17.3. The number of methoxy groups -OCH3 is 1. The third-order valence-electron chi connectivity index (χ3n) is 4.26. The van der Waals surface area contributed by atoms with Crippen LogP contribution in [0.25, 0.3) is 11.1 Å². The average molecular weight is 354 g/mol. The highest BCUT2D eigenvalue weighted by atomic mass is 32.2. The molecule has 1 N–H and O–H groups in total. The van der Waals surface area contributed by atoms with Crippen LogP contribution in [0.2, 0.25) is 0 Å². The Labute approximate surface area is 150 Å². The maximum absolute atomic E-state index is 10.9. The number of benzene rings is 1. The minimum Gasteiger partial charge on any atom is -0.497 e. The van der Waals surface area contributed by atoms with Gasteiger partial charge < -0.3 is 9.84 Å². The zero-order chi connectivity index (χ0) is 17.8. The summed E-state index contributed by atoms with van der Waals surface area (Å²) < 4.78 is 5.22. The van der Waals surface area contributed by atoms with Gasteiger partial charge in [-0.15, -0.1) is 0 Å². The normalized spacial score (nSPS) is 13.0. The summed E-state index contributed by atoms with van der Waals surface area (Å²) in [6, 6.07) is 9.88. The van der Waals surface area contributed by atoms with Gasteiger partial charge in [-0.3, -0.25) is 4.79 Å². The minimum atomic E-state index is -0.917. The molecular formula is C19H18N2O3S. The quantitative estimate of drug-likeness (QED) is 0.825. The standard InChI is InChI=1S/C19H18N2O3S/c1-24-13-8-6-12(7-9-13)18-14-4-2-3-5-16(14)21-19(15(18)10-20)25-11-17(22)23/h6-9H,2-5,11H2,1H3,(H,22,23). The van der Waals surface area contributed by atoms with Gasteiger partial charge in [0.1, 0.15) is 16.8 Å². The Morgan fingerprint density at radius 3 is 2.68 bits per heavy atom. The Bertz CT molecular complexity index is 841. The fourth-order valence-electron chi connectivity index (χ4n) is 3.13. The predicted molar refractivity (Wildman–Crippen MR) is 95.9 cm³/mol. The lowest BCUT2D eigenvalue weighted by atomic mass is 9.87. The molecular weight excluding hydrogens is 336 g/mol. The lowest BCUT2D eigenvalue weighted by Gasteiger charge is -2.22. The molecule has 3 rings (SSSR count). The second-order valence-corrected chi connectivity index (χ2v) is 6.79. The molecule has 1 aromatic heterocycles. The van der Waals surface area contributed by atoms with Gasteiger partial charge in [0.25, 0.3) is 0 Å². The van der Waals surface area contributed by atoms with Crippen molar-refractivity contribution in [2.24, 2.45) is 0 Å². The number of pyridine rings is 1. The smallest absolute Gasteiger partial charge is 0.313 e. The molecule has 0 fully saturated rings. The van der Waals surface area contributed by atoms with E-state index in [1.165, 1.54) is 0 Å². The summed E-state index contributed by atoms with van der Waals surface area (Å²) in [6.45, 7) is 0. The van der Waals surface area contributed by atoms with Crippen LogP contribution in [0.15, 0.2) is 29.3 Å². The lowest BCUT2D eigenvalue weighted by molar-refractivity contribution is -0.133. The van der Waals surface area contributed by atoms with Crippen LogP contribution >= 0.6 is 11.8 Å². The largest absolute Gasteiger partial charge is 0.497 e. The third-order valence-corrected chi connectivity index (χ3v) is 5.22. The van der Waals surface area contributed by atoms with Crippen molar-refractivity contribution in [1.82, 2.24) is 4.98 Å². The van der Waals surface area contributed by atoms with Gasteiger partial charge in [-0.25, -0.2) is 4.98 Å². The lowest BCUT2D eigenvalue weighted by Crippen LogP contribution is -2.11. The number of carbonyl (C=O) groups is 1. The van der Waals surface area contributed by atoms with E-state index in [1.54, 1.807) is 7.11 Å². The molecule has 0 unspecified atom stereocenters. The van der Waals surface area contributed by atoms with Gasteiger partial charge in [-0.05, 0) is 48.9 Å². The molecule has 2 aromatic rings. The van der Waals surface area contributed by atoms with Crippen LogP contribution in [0.3, 0.4) is 0 Å². The van der Waals surface area contributed by atoms with E-state index < -0.39 is 5.97 Å². The number of carboxylic acids is 1. The fraction of sp³-hybridized carbons (Fsp3) is 0.316. The Kier molecular flexibility index (Phi) is 5.25. The predicted octanol–water partition coefficient (Wildman–Crippen LogP) is 3.68. The van der Waals surface area contributed by atoms with Crippen molar-refractivity contribution in [2.45, 2.75) is 30.7 Å². The van der Waals surface area contributed by atoms with E-state index in [9.17, 15) is 10.1 Å². The van der Waals surface area contributed by atoms with Gasteiger partial charge in [0.2, 0.25) is 0 Å². The molecule has 1 aromatic carbocycles. The van der Waals surface area contributed by atoms with Gasteiger partial charge in [-0.1, -0.05) is 23.9 Å². The molecule has 0 saturated carbocycles. The van der Waals surface area contributed by atoms with Gasteiger partial charge in [0.15, 0.2) is 0 Å². The molecule has 0 spiro atoms. The summed E-state index contributed by atoms with van der Waals surface area (Å²) >= 11 is 1.11. The molecule has 1 aliphatic carbocycles. The molecule has 25 heavy (non-hydrogen) atoms. The summed E-state index contributed by atoms with van der Waals surface area (Å²) in [7, 11) is 1.62. The number of hydrogen-bond donors (Lipinski definition) is 1. The number of nitriles is 1. The second-order valence-electron chi connectivity index (χ2n) is 5.82. The van der Waals surface area contributed by atoms with Crippen molar-refractivity contribution >= 4 is 17.7 Å². The first-order valence-electron chi connectivity index (χ1n) is 8.09. The minimum absolute atomic E-state index is 0.109.